The highest BCUT2D eigenvalue weighted by Gasteiger charge is 1.97. The van der Waals surface area contributed by atoms with Crippen molar-refractivity contribution in [2.45, 2.75) is 0 Å². The molecular formula is C19H22I2N2O4. The van der Waals surface area contributed by atoms with Gasteiger partial charge in [-0.25, -0.2) is 0 Å². The van der Waals surface area contributed by atoms with Crippen molar-refractivity contribution in [1.29, 1.82) is 0 Å². The van der Waals surface area contributed by atoms with Crippen LogP contribution in [0.4, 0.5) is 0 Å². The number of phenols is 1. The van der Waals surface area contributed by atoms with E-state index in [-0.39, 0.29) is 5.75 Å². The summed E-state index contributed by atoms with van der Waals surface area (Å²) < 4.78 is 30.5. The second-order valence-corrected chi connectivity index (χ2v) is 6.73. The first-order valence-corrected chi connectivity index (χ1v) is 9.60. The van der Waals surface area contributed by atoms with Crippen molar-refractivity contribution in [2.24, 2.45) is 0 Å². The Morgan fingerprint density at radius 1 is 0.889 bits per heavy atom. The number of aromatic hydroxyl groups is 1. The zero-order valence-electron chi connectivity index (χ0n) is 17.1. The van der Waals surface area contributed by atoms with Gasteiger partial charge >= 0.3 is 0 Å². The average Bonchev–Trinajstić information content (AvgIpc) is 3.29. The van der Waals surface area contributed by atoms with Crippen LogP contribution < -0.4 is 11.8 Å². The molecule has 0 aliphatic rings. The van der Waals surface area contributed by atoms with E-state index in [1.807, 2.05) is 76.1 Å². The topological polar surface area (TPSA) is 79.8 Å². The third kappa shape index (κ3) is 8.37. The number of benzene rings is 2. The molecule has 0 aliphatic carbocycles. The van der Waals surface area contributed by atoms with E-state index < -0.39 is 0 Å². The van der Waals surface area contributed by atoms with Gasteiger partial charge in [0, 0.05) is 56.5 Å². The Hall–Kier alpha value is -1.50. The van der Waals surface area contributed by atoms with Crippen LogP contribution in [0.2, 0.25) is 2.82 Å². The van der Waals surface area contributed by atoms with Gasteiger partial charge in [-0.3, -0.25) is 7.05 Å². The largest absolute Gasteiger partial charge is 0.508 e. The third-order valence-electron chi connectivity index (χ3n) is 3.10. The lowest BCUT2D eigenvalue weighted by atomic mass is 10.2. The van der Waals surface area contributed by atoms with Crippen LogP contribution in [-0.2, 0) is 0 Å². The smallest absolute Gasteiger partial charge is 0.134 e. The molecule has 0 atom stereocenters. The van der Waals surface area contributed by atoms with E-state index in [0.717, 1.165) is 27.7 Å². The molecule has 6 nitrogen and oxygen atoms in total. The Bertz CT molecular complexity index is 965. The van der Waals surface area contributed by atoms with Gasteiger partial charge in [-0.05, 0) is 62.6 Å². The van der Waals surface area contributed by atoms with E-state index >= 15 is 0 Å². The van der Waals surface area contributed by atoms with Crippen LogP contribution in [0, 0.1) is 0 Å². The molecule has 3 N–H and O–H groups in total. The number of phenolic OH excluding ortho intramolecular Hbond substituents is 1. The summed E-state index contributed by atoms with van der Waals surface area (Å²) in [5.74, 6) is 1.13. The Labute approximate surface area is 189 Å². The van der Waals surface area contributed by atoms with Crippen LogP contribution in [0.1, 0.15) is 0 Å². The van der Waals surface area contributed by atoms with Gasteiger partial charge < -0.3 is 18.7 Å². The summed E-state index contributed by atoms with van der Waals surface area (Å²) >= 11 is 3.69. The number of fused-ring (bicyclic) bond motifs is 2. The summed E-state index contributed by atoms with van der Waals surface area (Å²) in [5.41, 5.74) is 1.70. The average molecular weight is 600 g/mol. The molecule has 2 heterocycles. The second-order valence-electron chi connectivity index (χ2n) is 4.81. The minimum atomic E-state index is 0.272. The Balaban J connectivity index is 0.000000215. The molecule has 0 saturated carbocycles. The van der Waals surface area contributed by atoms with Crippen molar-refractivity contribution in [3.8, 4) is 11.5 Å². The number of ether oxygens (including phenoxy) is 1. The Morgan fingerprint density at radius 3 is 1.89 bits per heavy atom. The Morgan fingerprint density at radius 2 is 1.37 bits per heavy atom. The van der Waals surface area contributed by atoms with Crippen molar-refractivity contribution in [3.05, 3.63) is 61.1 Å². The predicted molar refractivity (Wildman–Crippen MR) is 127 cm³/mol. The molecule has 0 amide bonds. The molecule has 2 aromatic heterocycles. The van der Waals surface area contributed by atoms with Gasteiger partial charge in [0.1, 0.15) is 25.5 Å². The zero-order chi connectivity index (χ0) is 21.8. The number of halogens is 2. The van der Waals surface area contributed by atoms with Gasteiger partial charge in [0.25, 0.3) is 0 Å². The highest BCUT2D eigenvalue weighted by molar-refractivity contribution is 14.1. The van der Waals surface area contributed by atoms with Gasteiger partial charge in [0.15, 0.2) is 0 Å². The van der Waals surface area contributed by atoms with Crippen LogP contribution in [0.15, 0.2) is 69.9 Å². The first kappa shape index (κ1) is 20.2. The lowest BCUT2D eigenvalue weighted by Crippen LogP contribution is -1.79. The van der Waals surface area contributed by atoms with E-state index in [2.05, 4.69) is 0 Å². The maximum atomic E-state index is 9.01. The summed E-state index contributed by atoms with van der Waals surface area (Å²) in [7, 11) is 4.96. The highest BCUT2D eigenvalue weighted by Crippen LogP contribution is 2.21. The first-order valence-electron chi connectivity index (χ1n) is 8.56. The van der Waals surface area contributed by atoms with Crippen LogP contribution in [0.5, 0.6) is 11.5 Å². The van der Waals surface area contributed by atoms with Gasteiger partial charge in [0.2, 0.25) is 0 Å². The fraction of sp³-hybridized carbons (Fsp3) is 0.158. The number of hydrogen-bond donors (Lipinski definition) is 3. The van der Waals surface area contributed by atoms with E-state index in [0.29, 0.717) is 0 Å². The molecule has 27 heavy (non-hydrogen) atoms. The number of methoxy groups -OCH3 is 1. The van der Waals surface area contributed by atoms with Crippen molar-refractivity contribution in [3.63, 3.8) is 0 Å². The van der Waals surface area contributed by atoms with Gasteiger partial charge in [-0.1, -0.05) is 0 Å². The molecule has 0 spiro atoms. The molecule has 8 heteroatoms. The molecule has 0 saturated heterocycles. The molecular weight excluding hydrogens is 574 g/mol. The molecule has 0 unspecified atom stereocenters. The van der Waals surface area contributed by atoms with Crippen molar-refractivity contribution in [1.82, 2.24) is 7.05 Å². The molecule has 0 fully saturated rings. The van der Waals surface area contributed by atoms with Crippen LogP contribution in [0.25, 0.3) is 21.9 Å². The lowest BCUT2D eigenvalue weighted by Gasteiger charge is -1.96. The summed E-state index contributed by atoms with van der Waals surface area (Å²) in [6, 6.07) is 14.5. The van der Waals surface area contributed by atoms with Crippen LogP contribution in [0.3, 0.4) is 0 Å². The summed E-state index contributed by atoms with van der Waals surface area (Å²) in [5, 5.41) is 11.0. The van der Waals surface area contributed by atoms with Gasteiger partial charge in [-0.15, -0.1) is 0 Å². The molecule has 4 aromatic rings. The van der Waals surface area contributed by atoms with Crippen LogP contribution >= 0.6 is 45.7 Å². The SMILES string of the molecule is COc1ccc2occc2c1.Oc1ccc2occc2c1.[3H]N(C)I.[3H]N(C)I. The molecule has 0 bridgehead atoms. The number of nitrogens with one attached hydrogen (secondary N) is 2. The lowest BCUT2D eigenvalue weighted by molar-refractivity contribution is 0.415. The van der Waals surface area contributed by atoms with Gasteiger partial charge in [-0.2, -0.15) is 0 Å². The van der Waals surface area contributed by atoms with Crippen LogP contribution in [-0.4, -0.2) is 26.3 Å². The van der Waals surface area contributed by atoms with E-state index in [1.54, 1.807) is 51.9 Å². The summed E-state index contributed by atoms with van der Waals surface area (Å²) in [4.78, 5) is 0. The molecule has 2 aromatic carbocycles. The second kappa shape index (κ2) is 13.6. The maximum Gasteiger partial charge on any atom is 0.134 e. The first-order chi connectivity index (χ1) is 13.7. The fourth-order valence-electron chi connectivity index (χ4n) is 2.03. The monoisotopic (exact) mass is 600 g/mol. The summed E-state index contributed by atoms with van der Waals surface area (Å²) in [6.07, 6.45) is 3.27. The van der Waals surface area contributed by atoms with E-state index in [9.17, 15) is 0 Å². The number of rotatable bonds is 1. The number of furan rings is 2. The fourth-order valence-corrected chi connectivity index (χ4v) is 2.03. The molecule has 0 aliphatic heterocycles. The van der Waals surface area contributed by atoms with Crippen molar-refractivity contribution in [2.75, 3.05) is 21.2 Å². The van der Waals surface area contributed by atoms with Crippen molar-refractivity contribution < 1.29 is 21.5 Å². The predicted octanol–water partition coefficient (Wildman–Crippen LogP) is 5.69. The van der Waals surface area contributed by atoms with Crippen molar-refractivity contribution >= 4 is 67.7 Å². The standard InChI is InChI=1S/C9H8O2.C8H6O2.2CH4IN/c1-10-8-2-3-9-7(6-8)4-5-11-9;9-7-1-2-8-6(5-7)3-4-10-8;2*1-3-2/h2-6H,1H3;1-5,9H;2*3H,1H3/i/hT2. The molecule has 0 radical (unpaired) electrons. The maximum absolute atomic E-state index is 9.01. The Kier molecular flexibility index (Phi) is 10.2. The molecule has 146 valence electrons. The van der Waals surface area contributed by atoms with Gasteiger partial charge in [0.05, 0.1) is 19.6 Å². The zero-order valence-corrected chi connectivity index (χ0v) is 19.4. The minimum Gasteiger partial charge on any atom is -0.508 e. The minimum absolute atomic E-state index is 0.272. The molecule has 4 rings (SSSR count). The third-order valence-corrected chi connectivity index (χ3v) is 3.10. The summed E-state index contributed by atoms with van der Waals surface area (Å²) in [6.45, 7) is 0. The quantitative estimate of drug-likeness (QED) is 0.193. The number of hydrogen-bond acceptors (Lipinski definition) is 6. The normalized spacial score (nSPS) is 10.8. The highest BCUT2D eigenvalue weighted by atomic mass is 127. The van der Waals surface area contributed by atoms with E-state index in [4.69, 9.17) is 21.5 Å². The van der Waals surface area contributed by atoms with E-state index in [1.165, 1.54) is 7.05 Å².